The summed E-state index contributed by atoms with van der Waals surface area (Å²) in [4.78, 5) is 12.3. The van der Waals surface area contributed by atoms with E-state index in [1.165, 1.54) is 0 Å². The molecule has 2 N–H and O–H groups in total. The molecule has 0 atom stereocenters. The number of urea groups is 1. The number of amides is 2. The summed E-state index contributed by atoms with van der Waals surface area (Å²) in [5.74, 6) is 1.41. The van der Waals surface area contributed by atoms with Crippen molar-refractivity contribution in [3.63, 3.8) is 0 Å². The summed E-state index contributed by atoms with van der Waals surface area (Å²) < 4.78 is 10.7. The molecular formula is C20H23ClN2O3. The Morgan fingerprint density at radius 2 is 1.85 bits per heavy atom. The maximum Gasteiger partial charge on any atom is 0.319 e. The van der Waals surface area contributed by atoms with Crippen LogP contribution in [0.5, 0.6) is 11.5 Å². The van der Waals surface area contributed by atoms with Crippen LogP contribution in [-0.2, 0) is 5.41 Å². The number of ether oxygens (including phenoxy) is 2. The van der Waals surface area contributed by atoms with Crippen LogP contribution < -0.4 is 20.1 Å². The second-order valence-corrected chi connectivity index (χ2v) is 7.05. The van der Waals surface area contributed by atoms with Crippen molar-refractivity contribution in [2.24, 2.45) is 0 Å². The largest absolute Gasteiger partial charge is 0.493 e. The van der Waals surface area contributed by atoms with Crippen molar-refractivity contribution in [2.45, 2.75) is 25.2 Å². The molecule has 0 aromatic heterocycles. The quantitative estimate of drug-likeness (QED) is 0.781. The molecule has 1 aliphatic carbocycles. The van der Waals surface area contributed by atoms with Crippen molar-refractivity contribution in [1.29, 1.82) is 0 Å². The number of benzene rings is 2. The number of hydrogen-bond donors (Lipinski definition) is 2. The summed E-state index contributed by atoms with van der Waals surface area (Å²) in [7, 11) is 3.25. The summed E-state index contributed by atoms with van der Waals surface area (Å²) in [6.07, 6.45) is 2.06. The Labute approximate surface area is 158 Å². The SMILES string of the molecule is COc1ccc(C2(CNC(=O)Nc3ccc(Cl)cc3C)CC2)cc1OC. The number of methoxy groups -OCH3 is 2. The van der Waals surface area contributed by atoms with Gasteiger partial charge in [-0.05, 0) is 61.2 Å². The number of rotatable bonds is 6. The number of halogens is 1. The molecule has 6 heteroatoms. The molecule has 2 aromatic rings. The Bertz CT molecular complexity index is 819. The first-order valence-electron chi connectivity index (χ1n) is 8.51. The molecule has 0 unspecified atom stereocenters. The fourth-order valence-corrected chi connectivity index (χ4v) is 3.29. The molecule has 5 nitrogen and oxygen atoms in total. The van der Waals surface area contributed by atoms with Crippen LogP contribution in [0.2, 0.25) is 5.02 Å². The molecule has 0 aliphatic heterocycles. The van der Waals surface area contributed by atoms with Gasteiger partial charge in [-0.2, -0.15) is 0 Å². The average molecular weight is 375 g/mol. The van der Waals surface area contributed by atoms with Gasteiger partial charge in [0.05, 0.1) is 14.2 Å². The molecule has 0 heterocycles. The van der Waals surface area contributed by atoms with Crippen LogP contribution in [-0.4, -0.2) is 26.8 Å². The molecule has 2 amide bonds. The van der Waals surface area contributed by atoms with E-state index in [0.29, 0.717) is 23.1 Å². The van der Waals surface area contributed by atoms with Gasteiger partial charge in [0.25, 0.3) is 0 Å². The van der Waals surface area contributed by atoms with Crippen LogP contribution >= 0.6 is 11.6 Å². The van der Waals surface area contributed by atoms with Crippen LogP contribution in [0, 0.1) is 6.92 Å². The second-order valence-electron chi connectivity index (χ2n) is 6.62. The Hall–Kier alpha value is -2.40. The van der Waals surface area contributed by atoms with Crippen molar-refractivity contribution in [1.82, 2.24) is 5.32 Å². The Kier molecular flexibility index (Phi) is 5.28. The number of aryl methyl sites for hydroxylation is 1. The van der Waals surface area contributed by atoms with E-state index in [4.69, 9.17) is 21.1 Å². The van der Waals surface area contributed by atoms with E-state index in [2.05, 4.69) is 10.6 Å². The van der Waals surface area contributed by atoms with E-state index in [-0.39, 0.29) is 11.4 Å². The van der Waals surface area contributed by atoms with Gasteiger partial charge < -0.3 is 20.1 Å². The van der Waals surface area contributed by atoms with Crippen LogP contribution in [0.1, 0.15) is 24.0 Å². The normalized spacial score (nSPS) is 14.5. The highest BCUT2D eigenvalue weighted by atomic mass is 35.5. The van der Waals surface area contributed by atoms with Crippen molar-refractivity contribution in [3.8, 4) is 11.5 Å². The predicted molar refractivity (Wildman–Crippen MR) is 104 cm³/mol. The van der Waals surface area contributed by atoms with Crippen molar-refractivity contribution in [2.75, 3.05) is 26.1 Å². The van der Waals surface area contributed by atoms with Gasteiger partial charge in [0.2, 0.25) is 0 Å². The van der Waals surface area contributed by atoms with Crippen LogP contribution in [0.3, 0.4) is 0 Å². The number of hydrogen-bond acceptors (Lipinski definition) is 3. The van der Waals surface area contributed by atoms with Gasteiger partial charge in [-0.15, -0.1) is 0 Å². The van der Waals surface area contributed by atoms with Gasteiger partial charge in [0.1, 0.15) is 0 Å². The molecule has 0 saturated heterocycles. The minimum Gasteiger partial charge on any atom is -0.493 e. The lowest BCUT2D eigenvalue weighted by atomic mass is 9.95. The molecule has 1 saturated carbocycles. The lowest BCUT2D eigenvalue weighted by molar-refractivity contribution is 0.251. The Morgan fingerprint density at radius 1 is 1.12 bits per heavy atom. The molecule has 26 heavy (non-hydrogen) atoms. The van der Waals surface area contributed by atoms with E-state index in [1.807, 2.05) is 31.2 Å². The minimum absolute atomic E-state index is 0.0358. The highest BCUT2D eigenvalue weighted by Crippen LogP contribution is 2.49. The fraction of sp³-hybridized carbons (Fsp3) is 0.350. The van der Waals surface area contributed by atoms with E-state index in [9.17, 15) is 4.79 Å². The highest BCUT2D eigenvalue weighted by molar-refractivity contribution is 6.30. The molecule has 138 valence electrons. The lowest BCUT2D eigenvalue weighted by Gasteiger charge is -2.19. The fourth-order valence-electron chi connectivity index (χ4n) is 3.07. The third-order valence-corrected chi connectivity index (χ3v) is 5.11. The Balaban J connectivity index is 1.64. The van der Waals surface area contributed by atoms with Crippen LogP contribution in [0.4, 0.5) is 10.5 Å². The number of anilines is 1. The maximum atomic E-state index is 12.3. The molecule has 1 aliphatic rings. The summed E-state index contributed by atoms with van der Waals surface area (Å²) in [5.41, 5.74) is 2.79. The maximum absolute atomic E-state index is 12.3. The minimum atomic E-state index is -0.220. The topological polar surface area (TPSA) is 59.6 Å². The second kappa shape index (κ2) is 7.46. The van der Waals surface area contributed by atoms with Gasteiger partial charge in [-0.3, -0.25) is 0 Å². The molecular weight excluding hydrogens is 352 g/mol. The van der Waals surface area contributed by atoms with E-state index >= 15 is 0 Å². The number of carbonyl (C=O) groups is 1. The van der Waals surface area contributed by atoms with Crippen molar-refractivity contribution in [3.05, 3.63) is 52.5 Å². The predicted octanol–water partition coefficient (Wildman–Crippen LogP) is 4.52. The molecule has 2 aromatic carbocycles. The van der Waals surface area contributed by atoms with Crippen LogP contribution in [0.25, 0.3) is 0 Å². The smallest absolute Gasteiger partial charge is 0.319 e. The third kappa shape index (κ3) is 3.88. The summed E-state index contributed by atoms with van der Waals surface area (Å²) in [6.45, 7) is 2.48. The molecule has 1 fully saturated rings. The van der Waals surface area contributed by atoms with Crippen molar-refractivity contribution >= 4 is 23.3 Å². The molecule has 3 rings (SSSR count). The van der Waals surface area contributed by atoms with Gasteiger partial charge >= 0.3 is 6.03 Å². The zero-order valence-electron chi connectivity index (χ0n) is 15.2. The van der Waals surface area contributed by atoms with E-state index < -0.39 is 0 Å². The van der Waals surface area contributed by atoms with Gasteiger partial charge in [0.15, 0.2) is 11.5 Å². The van der Waals surface area contributed by atoms with E-state index in [0.717, 1.165) is 29.7 Å². The van der Waals surface area contributed by atoms with Gasteiger partial charge in [-0.1, -0.05) is 17.7 Å². The molecule has 0 bridgehead atoms. The first kappa shape index (κ1) is 18.4. The zero-order chi connectivity index (χ0) is 18.7. The van der Waals surface area contributed by atoms with Gasteiger partial charge in [-0.25, -0.2) is 4.79 Å². The number of carbonyl (C=O) groups excluding carboxylic acids is 1. The zero-order valence-corrected chi connectivity index (χ0v) is 15.9. The number of nitrogens with one attached hydrogen (secondary N) is 2. The molecule has 0 radical (unpaired) electrons. The Morgan fingerprint density at radius 3 is 2.46 bits per heavy atom. The van der Waals surface area contributed by atoms with Gasteiger partial charge in [0, 0.05) is 22.7 Å². The van der Waals surface area contributed by atoms with E-state index in [1.54, 1.807) is 26.4 Å². The van der Waals surface area contributed by atoms with Crippen molar-refractivity contribution < 1.29 is 14.3 Å². The average Bonchev–Trinajstić information content (AvgIpc) is 3.43. The monoisotopic (exact) mass is 374 g/mol. The first-order chi connectivity index (χ1) is 12.5. The lowest BCUT2D eigenvalue weighted by Crippen LogP contribution is -2.35. The van der Waals surface area contributed by atoms with Crippen LogP contribution in [0.15, 0.2) is 36.4 Å². The standard InChI is InChI=1S/C20H23ClN2O3/c1-13-10-15(21)5-6-16(13)23-19(24)22-12-20(8-9-20)14-4-7-17(25-2)18(11-14)26-3/h4-7,10-11H,8-9,12H2,1-3H3,(H2,22,23,24). The summed E-state index contributed by atoms with van der Waals surface area (Å²) in [6, 6.07) is 11.1. The molecule has 0 spiro atoms. The summed E-state index contributed by atoms with van der Waals surface area (Å²) in [5, 5.41) is 6.51. The first-order valence-corrected chi connectivity index (χ1v) is 8.89. The highest BCUT2D eigenvalue weighted by Gasteiger charge is 2.44. The third-order valence-electron chi connectivity index (χ3n) is 4.87. The summed E-state index contributed by atoms with van der Waals surface area (Å²) >= 11 is 5.95.